The van der Waals surface area contributed by atoms with Crippen molar-refractivity contribution in [1.82, 2.24) is 9.97 Å². The van der Waals surface area contributed by atoms with E-state index in [0.29, 0.717) is 17.3 Å². The number of carbonyl (C=O) groups is 1. The first kappa shape index (κ1) is 17.5. The number of nitrogens with zero attached hydrogens (tertiary/aromatic N) is 2. The summed E-state index contributed by atoms with van der Waals surface area (Å²) in [5, 5.41) is 9.94. The Hall–Kier alpha value is -3.36. The summed E-state index contributed by atoms with van der Waals surface area (Å²) in [5.41, 5.74) is 10.8. The van der Waals surface area contributed by atoms with Gasteiger partial charge >= 0.3 is 6.18 Å². The summed E-state index contributed by atoms with van der Waals surface area (Å²) < 4.78 is 38.8. The number of benzene rings is 2. The summed E-state index contributed by atoms with van der Waals surface area (Å²) in [5.74, 6) is -0.956. The highest BCUT2D eigenvalue weighted by Crippen LogP contribution is 2.39. The number of hydrogen-bond acceptors (Lipinski definition) is 5. The molecule has 26 heavy (non-hydrogen) atoms. The van der Waals surface area contributed by atoms with E-state index < -0.39 is 17.8 Å². The van der Waals surface area contributed by atoms with Crippen LogP contribution in [0, 0.1) is 6.92 Å². The Morgan fingerprint density at radius 1 is 1.27 bits per heavy atom. The maximum atomic E-state index is 12.9. The maximum absolute atomic E-state index is 12.9. The summed E-state index contributed by atoms with van der Waals surface area (Å²) in [6.07, 6.45) is -4.11. The maximum Gasteiger partial charge on any atom is 0.434 e. The molecule has 3 rings (SSSR count). The summed E-state index contributed by atoms with van der Waals surface area (Å²) in [6.45, 7) is 1.60. The number of anilines is 1. The first-order chi connectivity index (χ1) is 12.1. The summed E-state index contributed by atoms with van der Waals surface area (Å²) in [4.78, 5) is 19.1. The Bertz CT molecular complexity index is 1050. The summed E-state index contributed by atoms with van der Waals surface area (Å²) in [7, 11) is 0. The lowest BCUT2D eigenvalue weighted by Crippen LogP contribution is -2.15. The zero-order valence-corrected chi connectivity index (χ0v) is 13.4. The van der Waals surface area contributed by atoms with Gasteiger partial charge in [-0.25, -0.2) is 4.98 Å². The lowest BCUT2D eigenvalue weighted by atomic mass is 9.94. The molecule has 0 aliphatic heterocycles. The molecule has 9 heteroatoms. The van der Waals surface area contributed by atoms with Gasteiger partial charge in [-0.3, -0.25) is 9.78 Å². The van der Waals surface area contributed by atoms with Gasteiger partial charge in [0.25, 0.3) is 5.91 Å². The second kappa shape index (κ2) is 5.87. The topological polar surface area (TPSA) is 115 Å². The molecule has 0 saturated carbocycles. The highest BCUT2D eigenvalue weighted by Gasteiger charge is 2.33. The number of nitrogen functional groups attached to an aromatic ring is 1. The zero-order valence-electron chi connectivity index (χ0n) is 13.4. The van der Waals surface area contributed by atoms with Crippen molar-refractivity contribution in [2.45, 2.75) is 13.1 Å². The Morgan fingerprint density at radius 2 is 1.96 bits per heavy atom. The monoisotopic (exact) mass is 362 g/mol. The second-order valence-electron chi connectivity index (χ2n) is 5.65. The molecule has 0 radical (unpaired) electrons. The molecule has 0 aliphatic rings. The molecule has 1 aromatic heterocycles. The third kappa shape index (κ3) is 2.77. The quantitative estimate of drug-likeness (QED) is 0.606. The van der Waals surface area contributed by atoms with Crippen LogP contribution >= 0.6 is 0 Å². The molecule has 0 aliphatic carbocycles. The van der Waals surface area contributed by atoms with E-state index in [0.717, 1.165) is 6.07 Å². The van der Waals surface area contributed by atoms with Crippen LogP contribution in [0.5, 0.6) is 5.75 Å². The third-order valence-corrected chi connectivity index (χ3v) is 4.01. The fraction of sp³-hybridized carbons (Fsp3) is 0.118. The Balaban J connectivity index is 2.45. The molecular formula is C17H13F3N4O2. The van der Waals surface area contributed by atoms with Crippen LogP contribution in [0.3, 0.4) is 0 Å². The number of rotatable bonds is 2. The van der Waals surface area contributed by atoms with E-state index in [-0.39, 0.29) is 33.6 Å². The fourth-order valence-corrected chi connectivity index (χ4v) is 2.68. The number of phenolic OH excluding ortho intramolecular Hbond substituents is 1. The predicted molar refractivity (Wildman–Crippen MR) is 89.3 cm³/mol. The first-order valence-corrected chi connectivity index (χ1v) is 7.36. The van der Waals surface area contributed by atoms with Crippen molar-refractivity contribution in [3.8, 4) is 16.9 Å². The smallest absolute Gasteiger partial charge is 0.434 e. The number of primary amides is 1. The predicted octanol–water partition coefficient (Wildman–Crippen LogP) is 3.01. The molecule has 0 atom stereocenters. The second-order valence-corrected chi connectivity index (χ2v) is 5.65. The lowest BCUT2D eigenvalue weighted by Gasteiger charge is -2.16. The third-order valence-electron chi connectivity index (χ3n) is 4.01. The average Bonchev–Trinajstić information content (AvgIpc) is 2.56. The van der Waals surface area contributed by atoms with Crippen LogP contribution in [0.15, 0.2) is 30.5 Å². The molecular weight excluding hydrogens is 349 g/mol. The molecule has 1 amide bonds. The van der Waals surface area contributed by atoms with Crippen LogP contribution in [-0.2, 0) is 6.18 Å². The van der Waals surface area contributed by atoms with Gasteiger partial charge in [-0.05, 0) is 30.2 Å². The molecule has 0 spiro atoms. The van der Waals surface area contributed by atoms with E-state index in [9.17, 15) is 23.1 Å². The molecule has 0 bridgehead atoms. The molecule has 5 N–H and O–H groups in total. The zero-order chi connectivity index (χ0) is 19.2. The van der Waals surface area contributed by atoms with Crippen LogP contribution in [0.4, 0.5) is 18.9 Å². The number of alkyl halides is 3. The molecule has 0 unspecified atom stereocenters. The van der Waals surface area contributed by atoms with Gasteiger partial charge in [0, 0.05) is 5.56 Å². The number of nitrogens with two attached hydrogens (primary N) is 2. The number of halogens is 3. The van der Waals surface area contributed by atoms with Crippen LogP contribution < -0.4 is 11.5 Å². The highest BCUT2D eigenvalue weighted by molar-refractivity contribution is 6.10. The van der Waals surface area contributed by atoms with Gasteiger partial charge < -0.3 is 16.6 Å². The molecule has 2 aromatic carbocycles. The van der Waals surface area contributed by atoms with Gasteiger partial charge in [0.2, 0.25) is 0 Å². The van der Waals surface area contributed by atoms with Gasteiger partial charge in [-0.1, -0.05) is 12.1 Å². The average molecular weight is 362 g/mol. The van der Waals surface area contributed by atoms with Crippen LogP contribution in [-0.4, -0.2) is 21.0 Å². The minimum absolute atomic E-state index is 0.0422. The van der Waals surface area contributed by atoms with Crippen LogP contribution in [0.1, 0.15) is 21.6 Å². The van der Waals surface area contributed by atoms with Gasteiger partial charge in [0.1, 0.15) is 5.75 Å². The first-order valence-electron chi connectivity index (χ1n) is 7.36. The van der Waals surface area contributed by atoms with E-state index in [2.05, 4.69) is 9.97 Å². The Morgan fingerprint density at radius 3 is 2.58 bits per heavy atom. The van der Waals surface area contributed by atoms with E-state index in [1.54, 1.807) is 13.0 Å². The molecule has 1 heterocycles. The summed E-state index contributed by atoms with van der Waals surface area (Å²) in [6, 6.07) is 5.67. The highest BCUT2D eigenvalue weighted by atomic mass is 19.4. The fourth-order valence-electron chi connectivity index (χ4n) is 2.68. The van der Waals surface area contributed by atoms with Crippen LogP contribution in [0.25, 0.3) is 22.2 Å². The SMILES string of the molecule is Cc1c(O)cccc1-c1c(N)c(C(N)=O)cc2nc(C(F)(F)F)cnc12. The van der Waals surface area contributed by atoms with Gasteiger partial charge in [-0.15, -0.1) is 0 Å². The minimum Gasteiger partial charge on any atom is -0.508 e. The minimum atomic E-state index is -4.70. The van der Waals surface area contributed by atoms with Crippen LogP contribution in [0.2, 0.25) is 0 Å². The number of aromatic hydroxyl groups is 1. The van der Waals surface area contributed by atoms with Crippen molar-refractivity contribution in [1.29, 1.82) is 0 Å². The van der Waals surface area contributed by atoms with Gasteiger partial charge in [-0.2, -0.15) is 13.2 Å². The molecule has 6 nitrogen and oxygen atoms in total. The van der Waals surface area contributed by atoms with Crippen molar-refractivity contribution in [3.05, 3.63) is 47.3 Å². The van der Waals surface area contributed by atoms with Crippen molar-refractivity contribution in [2.24, 2.45) is 5.73 Å². The van der Waals surface area contributed by atoms with E-state index in [1.807, 2.05) is 0 Å². The normalized spacial score (nSPS) is 11.7. The number of carbonyl (C=O) groups excluding carboxylic acids is 1. The number of hydrogen-bond donors (Lipinski definition) is 3. The molecule has 134 valence electrons. The molecule has 0 saturated heterocycles. The van der Waals surface area contributed by atoms with Crippen molar-refractivity contribution in [2.75, 3.05) is 5.73 Å². The number of fused-ring (bicyclic) bond motifs is 1. The Labute approximate surface area is 145 Å². The number of phenols is 1. The van der Waals surface area contributed by atoms with Crippen molar-refractivity contribution < 1.29 is 23.1 Å². The van der Waals surface area contributed by atoms with E-state index >= 15 is 0 Å². The van der Waals surface area contributed by atoms with E-state index in [4.69, 9.17) is 11.5 Å². The molecule has 0 fully saturated rings. The molecule has 3 aromatic rings. The van der Waals surface area contributed by atoms with Gasteiger partial charge in [0.05, 0.1) is 28.5 Å². The lowest BCUT2D eigenvalue weighted by molar-refractivity contribution is -0.141. The van der Waals surface area contributed by atoms with Crippen molar-refractivity contribution in [3.63, 3.8) is 0 Å². The number of amides is 1. The largest absolute Gasteiger partial charge is 0.508 e. The number of aromatic nitrogens is 2. The van der Waals surface area contributed by atoms with Crippen molar-refractivity contribution >= 4 is 22.6 Å². The van der Waals surface area contributed by atoms with Gasteiger partial charge in [0.15, 0.2) is 5.69 Å². The Kier molecular flexibility index (Phi) is 3.94. The standard InChI is InChI=1S/C17H13F3N4O2/c1-7-8(3-2-4-11(7)25)13-14(21)9(16(22)26)5-10-15(13)23-6-12(24-10)17(18,19)20/h2-6,25H,21H2,1H3,(H2,22,26). The summed E-state index contributed by atoms with van der Waals surface area (Å²) >= 11 is 0. The van der Waals surface area contributed by atoms with E-state index in [1.165, 1.54) is 12.1 Å².